The molecule has 2 fully saturated rings. The molecule has 0 saturated heterocycles. The fourth-order valence-corrected chi connectivity index (χ4v) is 4.64. The van der Waals surface area contributed by atoms with Crippen molar-refractivity contribution in [2.24, 2.45) is 23.0 Å². The first-order valence-corrected chi connectivity index (χ1v) is 7.66. The number of hydrogen-bond acceptors (Lipinski definition) is 2. The van der Waals surface area contributed by atoms with Crippen LogP contribution in [-0.2, 0) is 0 Å². The fraction of sp³-hybridized carbons (Fsp3) is 0.600. The molecule has 104 valence electrons. The summed E-state index contributed by atoms with van der Waals surface area (Å²) in [6.45, 7) is 0.512. The van der Waals surface area contributed by atoms with Gasteiger partial charge in [-0.05, 0) is 37.2 Å². The third kappa shape index (κ3) is 2.01. The third-order valence-corrected chi connectivity index (χ3v) is 6.06. The summed E-state index contributed by atoms with van der Waals surface area (Å²) in [6.07, 6.45) is 4.06. The number of nitrogens with two attached hydrogens (primary N) is 1. The van der Waals surface area contributed by atoms with Gasteiger partial charge in [0.15, 0.2) is 0 Å². The van der Waals surface area contributed by atoms with E-state index in [2.05, 4.69) is 0 Å². The fourth-order valence-electron chi connectivity index (χ4n) is 4.22. The van der Waals surface area contributed by atoms with Crippen molar-refractivity contribution < 1.29 is 5.11 Å². The molecule has 2 saturated carbocycles. The Morgan fingerprint density at radius 3 is 2.74 bits per heavy atom. The number of fused-ring (bicyclic) bond motifs is 2. The van der Waals surface area contributed by atoms with E-state index in [0.29, 0.717) is 22.5 Å². The Bertz CT molecular complexity index is 493. The molecule has 0 spiro atoms. The first kappa shape index (κ1) is 13.7. The molecule has 4 heteroatoms. The van der Waals surface area contributed by atoms with Gasteiger partial charge in [0, 0.05) is 17.5 Å². The predicted molar refractivity (Wildman–Crippen MR) is 78.4 cm³/mol. The van der Waals surface area contributed by atoms with Crippen LogP contribution in [0.3, 0.4) is 0 Å². The van der Waals surface area contributed by atoms with Crippen LogP contribution in [-0.4, -0.2) is 11.7 Å². The zero-order valence-corrected chi connectivity index (χ0v) is 12.3. The molecule has 1 aromatic carbocycles. The van der Waals surface area contributed by atoms with Gasteiger partial charge in [0.05, 0.1) is 16.1 Å². The highest BCUT2D eigenvalue weighted by molar-refractivity contribution is 6.42. The van der Waals surface area contributed by atoms with E-state index in [1.54, 1.807) is 6.07 Å². The minimum Gasteiger partial charge on any atom is -0.388 e. The molecule has 0 amide bonds. The largest absolute Gasteiger partial charge is 0.388 e. The average molecular weight is 300 g/mol. The van der Waals surface area contributed by atoms with Crippen molar-refractivity contribution >= 4 is 23.2 Å². The molecule has 19 heavy (non-hydrogen) atoms. The molecule has 0 aliphatic heterocycles. The SMILES string of the molecule is NCC1(C(O)c2cccc(Cl)c2Cl)CC2CCC1C2. The first-order chi connectivity index (χ1) is 9.08. The van der Waals surface area contributed by atoms with Crippen LogP contribution in [0.1, 0.15) is 37.4 Å². The van der Waals surface area contributed by atoms with Crippen LogP contribution in [0, 0.1) is 17.3 Å². The minimum atomic E-state index is -0.612. The van der Waals surface area contributed by atoms with Crippen molar-refractivity contribution in [3.05, 3.63) is 33.8 Å². The van der Waals surface area contributed by atoms with Gasteiger partial charge < -0.3 is 10.8 Å². The number of aliphatic hydroxyl groups excluding tert-OH is 1. The van der Waals surface area contributed by atoms with Crippen molar-refractivity contribution in [2.75, 3.05) is 6.54 Å². The molecule has 0 aromatic heterocycles. The molecule has 2 aliphatic carbocycles. The molecule has 0 radical (unpaired) electrons. The molecule has 2 bridgehead atoms. The van der Waals surface area contributed by atoms with Gasteiger partial charge in [0.1, 0.15) is 0 Å². The topological polar surface area (TPSA) is 46.2 Å². The maximum absolute atomic E-state index is 10.9. The summed E-state index contributed by atoms with van der Waals surface area (Å²) in [4.78, 5) is 0. The minimum absolute atomic E-state index is 0.211. The van der Waals surface area contributed by atoms with Gasteiger partial charge in [-0.2, -0.15) is 0 Å². The van der Waals surface area contributed by atoms with Gasteiger partial charge in [0.2, 0.25) is 0 Å². The molecular weight excluding hydrogens is 281 g/mol. The highest BCUT2D eigenvalue weighted by atomic mass is 35.5. The van der Waals surface area contributed by atoms with Crippen molar-refractivity contribution in [3.8, 4) is 0 Å². The lowest BCUT2D eigenvalue weighted by Gasteiger charge is -2.41. The second-order valence-corrected chi connectivity index (χ2v) is 6.85. The lowest BCUT2D eigenvalue weighted by Crippen LogP contribution is -2.41. The Balaban J connectivity index is 1.98. The van der Waals surface area contributed by atoms with Crippen molar-refractivity contribution in [1.82, 2.24) is 0 Å². The quantitative estimate of drug-likeness (QED) is 0.892. The lowest BCUT2D eigenvalue weighted by atomic mass is 9.67. The predicted octanol–water partition coefficient (Wildman–Crippen LogP) is 3.79. The summed E-state index contributed by atoms with van der Waals surface area (Å²) in [5, 5.41) is 11.8. The van der Waals surface area contributed by atoms with Gasteiger partial charge in [-0.1, -0.05) is 41.8 Å². The second kappa shape index (κ2) is 4.92. The Morgan fingerprint density at radius 2 is 2.16 bits per heavy atom. The summed E-state index contributed by atoms with van der Waals surface area (Å²) in [5.74, 6) is 1.24. The van der Waals surface area contributed by atoms with Crippen LogP contribution in [0.25, 0.3) is 0 Å². The molecule has 2 aliphatic rings. The molecule has 1 aromatic rings. The summed E-state index contributed by atoms with van der Waals surface area (Å²) >= 11 is 12.3. The standard InChI is InChI=1S/C15H19Cl2NO/c16-12-3-1-2-11(13(12)17)14(19)15(8-18)7-9-4-5-10(15)6-9/h1-3,9-10,14,19H,4-8,18H2. The zero-order valence-electron chi connectivity index (χ0n) is 10.8. The molecule has 0 heterocycles. The van der Waals surface area contributed by atoms with Crippen LogP contribution in [0.4, 0.5) is 0 Å². The molecule has 3 N–H and O–H groups in total. The monoisotopic (exact) mass is 299 g/mol. The van der Waals surface area contributed by atoms with E-state index in [0.717, 1.165) is 17.9 Å². The zero-order chi connectivity index (χ0) is 13.6. The van der Waals surface area contributed by atoms with Crippen molar-refractivity contribution in [1.29, 1.82) is 0 Å². The second-order valence-electron chi connectivity index (χ2n) is 6.06. The Labute approximate surface area is 123 Å². The van der Waals surface area contributed by atoms with E-state index in [4.69, 9.17) is 28.9 Å². The number of aliphatic hydroxyl groups is 1. The van der Waals surface area contributed by atoms with Crippen LogP contribution < -0.4 is 5.73 Å². The summed E-state index contributed by atoms with van der Waals surface area (Å²) in [5.41, 5.74) is 6.56. The van der Waals surface area contributed by atoms with E-state index < -0.39 is 6.10 Å². The van der Waals surface area contributed by atoms with E-state index in [-0.39, 0.29) is 5.41 Å². The molecule has 3 rings (SSSR count). The first-order valence-electron chi connectivity index (χ1n) is 6.90. The van der Waals surface area contributed by atoms with Crippen LogP contribution in [0.15, 0.2) is 18.2 Å². The van der Waals surface area contributed by atoms with E-state index >= 15 is 0 Å². The molecular formula is C15H19Cl2NO. The smallest absolute Gasteiger partial charge is 0.0875 e. The maximum Gasteiger partial charge on any atom is 0.0875 e. The summed E-state index contributed by atoms with van der Waals surface area (Å²) < 4.78 is 0. The van der Waals surface area contributed by atoms with Gasteiger partial charge in [-0.25, -0.2) is 0 Å². The number of benzene rings is 1. The molecule has 4 unspecified atom stereocenters. The van der Waals surface area contributed by atoms with Gasteiger partial charge >= 0.3 is 0 Å². The Morgan fingerprint density at radius 1 is 1.37 bits per heavy atom. The highest BCUT2D eigenvalue weighted by Crippen LogP contribution is 2.61. The van der Waals surface area contributed by atoms with Gasteiger partial charge in [0.25, 0.3) is 0 Å². The van der Waals surface area contributed by atoms with Crippen LogP contribution in [0.2, 0.25) is 10.0 Å². The summed E-state index contributed by atoms with van der Waals surface area (Å²) in [7, 11) is 0. The Hall–Kier alpha value is -0.280. The summed E-state index contributed by atoms with van der Waals surface area (Å²) in [6, 6.07) is 5.45. The number of hydrogen-bond donors (Lipinski definition) is 2. The molecule has 4 atom stereocenters. The molecule has 2 nitrogen and oxygen atoms in total. The van der Waals surface area contributed by atoms with Crippen LogP contribution in [0.5, 0.6) is 0 Å². The van der Waals surface area contributed by atoms with Gasteiger partial charge in [-0.3, -0.25) is 0 Å². The van der Waals surface area contributed by atoms with Gasteiger partial charge in [-0.15, -0.1) is 0 Å². The van der Waals surface area contributed by atoms with E-state index in [1.165, 1.54) is 19.3 Å². The van der Waals surface area contributed by atoms with Crippen LogP contribution >= 0.6 is 23.2 Å². The Kier molecular flexibility index (Phi) is 3.55. The maximum atomic E-state index is 10.9. The highest BCUT2D eigenvalue weighted by Gasteiger charge is 2.54. The van der Waals surface area contributed by atoms with E-state index in [9.17, 15) is 5.11 Å². The number of rotatable bonds is 3. The lowest BCUT2D eigenvalue weighted by molar-refractivity contribution is -0.0129. The van der Waals surface area contributed by atoms with Crippen molar-refractivity contribution in [3.63, 3.8) is 0 Å². The van der Waals surface area contributed by atoms with Crippen molar-refractivity contribution in [2.45, 2.75) is 31.8 Å². The number of halogens is 2. The average Bonchev–Trinajstić information content (AvgIpc) is 3.02. The third-order valence-electron chi connectivity index (χ3n) is 5.22. The normalized spacial score (nSPS) is 34.7. The van der Waals surface area contributed by atoms with E-state index in [1.807, 2.05) is 12.1 Å².